The van der Waals surface area contributed by atoms with Crippen molar-refractivity contribution in [1.82, 2.24) is 10.2 Å². The van der Waals surface area contributed by atoms with Gasteiger partial charge in [0.05, 0.1) is 23.3 Å². The third-order valence-corrected chi connectivity index (χ3v) is 6.69. The number of nitrogens with one attached hydrogen (secondary N) is 3. The lowest BCUT2D eigenvalue weighted by Gasteiger charge is -2.16. The average Bonchev–Trinajstić information content (AvgIpc) is 2.83. The summed E-state index contributed by atoms with van der Waals surface area (Å²) >= 11 is 11.8. The van der Waals surface area contributed by atoms with E-state index in [2.05, 4.69) is 10.2 Å². The number of hydroxylamine groups is 1. The average molecular weight is 619 g/mol. The zero-order valence-electron chi connectivity index (χ0n) is 19.7. The van der Waals surface area contributed by atoms with E-state index in [-0.39, 0.29) is 33.9 Å². The van der Waals surface area contributed by atoms with Crippen molar-refractivity contribution in [2.75, 3.05) is 13.2 Å². The highest BCUT2D eigenvalue weighted by Gasteiger charge is 2.38. The van der Waals surface area contributed by atoms with E-state index in [0.717, 1.165) is 0 Å². The van der Waals surface area contributed by atoms with E-state index in [1.54, 1.807) is 24.3 Å². The third-order valence-electron chi connectivity index (χ3n) is 4.25. The number of benzene rings is 2. The van der Waals surface area contributed by atoms with Gasteiger partial charge in [-0.1, -0.05) is 41.4 Å². The van der Waals surface area contributed by atoms with Crippen LogP contribution in [-0.2, 0) is 30.9 Å². The monoisotopic (exact) mass is 618 g/mol. The summed E-state index contributed by atoms with van der Waals surface area (Å²) < 4.78 is 64.7. The lowest BCUT2D eigenvalue weighted by atomic mass is 10.1. The number of aliphatic carboxylic acids is 2. The Bertz CT molecular complexity index is 1250. The van der Waals surface area contributed by atoms with Crippen LogP contribution in [0.3, 0.4) is 0 Å². The van der Waals surface area contributed by atoms with E-state index in [1.165, 1.54) is 18.2 Å². The zero-order chi connectivity index (χ0) is 29.8. The van der Waals surface area contributed by atoms with Crippen molar-refractivity contribution >= 4 is 51.1 Å². The molecule has 0 bridgehead atoms. The smallest absolute Gasteiger partial charge is 0.490 e. The highest BCUT2D eigenvalue weighted by Crippen LogP contribution is 2.29. The number of hydrogen-bond donors (Lipinski definition) is 6. The number of alkyl halides is 3. The van der Waals surface area contributed by atoms with Gasteiger partial charge in [0.1, 0.15) is 16.7 Å². The molecular weight excluding hydrogens is 596 g/mol. The Morgan fingerprint density at radius 1 is 1.08 bits per heavy atom. The van der Waals surface area contributed by atoms with E-state index >= 15 is 0 Å². The molecule has 0 fully saturated rings. The van der Waals surface area contributed by atoms with Crippen LogP contribution in [0.5, 0.6) is 5.75 Å². The van der Waals surface area contributed by atoms with Crippen molar-refractivity contribution < 1.29 is 51.0 Å². The number of halogens is 5. The Labute approximate surface area is 230 Å². The number of guanidine groups is 1. The molecule has 0 saturated heterocycles. The fraction of sp³-hybridized carbons (Fsp3) is 0.286. The molecule has 0 saturated carbocycles. The maximum atomic E-state index is 12.6. The lowest BCUT2D eigenvalue weighted by Crippen LogP contribution is -2.42. The quantitative estimate of drug-likeness (QED) is 0.0888. The van der Waals surface area contributed by atoms with Crippen LogP contribution in [0.1, 0.15) is 12.0 Å². The Kier molecular flexibility index (Phi) is 13.2. The van der Waals surface area contributed by atoms with Gasteiger partial charge in [0.2, 0.25) is 16.0 Å². The molecule has 7 N–H and O–H groups in total. The Hall–Kier alpha value is -3.31. The first kappa shape index (κ1) is 33.7. The fourth-order valence-electron chi connectivity index (χ4n) is 2.53. The molecule has 0 spiro atoms. The molecule has 2 rings (SSSR count). The first-order valence-electron chi connectivity index (χ1n) is 10.5. The summed E-state index contributed by atoms with van der Waals surface area (Å²) in [6.07, 6.45) is -4.64. The van der Waals surface area contributed by atoms with E-state index < -0.39 is 34.2 Å². The number of carboxylic acids is 2. The first-order chi connectivity index (χ1) is 18.0. The Balaban J connectivity index is 0.000000956. The van der Waals surface area contributed by atoms with E-state index in [4.69, 9.17) is 53.8 Å². The molecule has 0 aliphatic carbocycles. The molecule has 216 valence electrons. The molecule has 0 amide bonds. The Morgan fingerprint density at radius 2 is 1.67 bits per heavy atom. The number of hydrogen-bond acceptors (Lipinski definition) is 7. The summed E-state index contributed by atoms with van der Waals surface area (Å²) in [7, 11) is -4.22. The van der Waals surface area contributed by atoms with Crippen LogP contribution in [0.4, 0.5) is 13.2 Å². The number of nitrogens with two attached hydrogens (primary N) is 1. The summed E-state index contributed by atoms with van der Waals surface area (Å²) in [5, 5.41) is 23.4. The van der Waals surface area contributed by atoms with Crippen molar-refractivity contribution in [2.24, 2.45) is 5.73 Å². The minimum atomic E-state index is -5.08. The number of ether oxygens (including phenoxy) is 1. The van der Waals surface area contributed by atoms with Gasteiger partial charge in [-0.05, 0) is 36.2 Å². The van der Waals surface area contributed by atoms with Crippen molar-refractivity contribution in [3.8, 4) is 5.75 Å². The van der Waals surface area contributed by atoms with Crippen molar-refractivity contribution in [3.63, 3.8) is 0 Å². The molecule has 0 unspecified atom stereocenters. The van der Waals surface area contributed by atoms with Gasteiger partial charge in [0.15, 0.2) is 0 Å². The number of carboxylic acid groups (broad SMARTS) is 2. The van der Waals surface area contributed by atoms with Crippen LogP contribution in [0.2, 0.25) is 10.0 Å². The third kappa shape index (κ3) is 12.4. The van der Waals surface area contributed by atoms with Crippen LogP contribution in [0.25, 0.3) is 0 Å². The second kappa shape index (κ2) is 15.3. The summed E-state index contributed by atoms with van der Waals surface area (Å²) in [5.74, 6) is -3.84. The van der Waals surface area contributed by atoms with Crippen LogP contribution in [-0.4, -0.2) is 62.0 Å². The predicted molar refractivity (Wildman–Crippen MR) is 133 cm³/mol. The van der Waals surface area contributed by atoms with Gasteiger partial charge in [-0.25, -0.2) is 18.7 Å². The van der Waals surface area contributed by atoms with Gasteiger partial charge >= 0.3 is 18.1 Å². The summed E-state index contributed by atoms with van der Waals surface area (Å²) in [6.45, 7) is 0.631. The molecule has 0 aromatic heterocycles. The van der Waals surface area contributed by atoms with E-state index in [1.807, 2.05) is 0 Å². The fourth-order valence-corrected chi connectivity index (χ4v) is 4.48. The molecule has 0 aliphatic rings. The second-order valence-electron chi connectivity index (χ2n) is 7.28. The molecule has 2 aromatic rings. The molecule has 1 atom stereocenters. The number of carbonyl (C=O) groups is 2. The minimum Gasteiger partial charge on any atom is -0.494 e. The largest absolute Gasteiger partial charge is 0.494 e. The molecule has 0 aliphatic heterocycles. The van der Waals surface area contributed by atoms with Crippen LogP contribution in [0.15, 0.2) is 47.4 Å². The molecule has 0 heterocycles. The van der Waals surface area contributed by atoms with Crippen LogP contribution >= 0.6 is 23.2 Å². The van der Waals surface area contributed by atoms with Crippen molar-refractivity contribution in [1.29, 1.82) is 5.41 Å². The van der Waals surface area contributed by atoms with Crippen molar-refractivity contribution in [2.45, 2.75) is 30.0 Å². The predicted octanol–water partition coefficient (Wildman–Crippen LogP) is 2.78. The van der Waals surface area contributed by atoms with Gasteiger partial charge in [-0.15, -0.1) is 0 Å². The molecule has 2 aromatic carbocycles. The Morgan fingerprint density at radius 3 is 2.18 bits per heavy atom. The standard InChI is InChI=1S/C19H22Cl2N4O6S.C2HF3O2/c20-14-3-1-4-16(17(14)21)32(28,29)25-15(18(26)27)11-12-5-7-13(8-6-12)30-9-2-10-31-24-19(22)23;3-2(4,5)1(6)7/h1,3-8,15,25H,2,9-11H2,(H,26,27)(H4,22,23,24);(H,6,7)/t15-;/m0./s1. The van der Waals surface area contributed by atoms with Gasteiger partial charge in [0.25, 0.3) is 0 Å². The molecule has 39 heavy (non-hydrogen) atoms. The summed E-state index contributed by atoms with van der Waals surface area (Å²) in [4.78, 5) is 25.1. The molecule has 18 heteroatoms. The van der Waals surface area contributed by atoms with Gasteiger partial charge < -0.3 is 20.7 Å². The van der Waals surface area contributed by atoms with Gasteiger partial charge in [-0.2, -0.15) is 17.9 Å². The zero-order valence-corrected chi connectivity index (χ0v) is 22.0. The maximum Gasteiger partial charge on any atom is 0.490 e. The molecule has 0 radical (unpaired) electrons. The minimum absolute atomic E-state index is 0.0404. The van der Waals surface area contributed by atoms with Crippen LogP contribution < -0.4 is 20.7 Å². The molecular formula is C21H23Cl2F3N4O8S. The number of rotatable bonds is 12. The second-order valence-corrected chi connectivity index (χ2v) is 9.75. The first-order valence-corrected chi connectivity index (χ1v) is 12.7. The van der Waals surface area contributed by atoms with Gasteiger partial charge in [0, 0.05) is 6.42 Å². The van der Waals surface area contributed by atoms with E-state index in [9.17, 15) is 31.5 Å². The topological polar surface area (TPSA) is 201 Å². The summed E-state index contributed by atoms with van der Waals surface area (Å²) in [5.41, 5.74) is 7.86. The molecule has 12 nitrogen and oxygen atoms in total. The number of sulfonamides is 1. The summed E-state index contributed by atoms with van der Waals surface area (Å²) in [6, 6.07) is 9.21. The van der Waals surface area contributed by atoms with E-state index in [0.29, 0.717) is 24.3 Å². The van der Waals surface area contributed by atoms with Crippen LogP contribution in [0, 0.1) is 5.41 Å². The highest BCUT2D eigenvalue weighted by molar-refractivity contribution is 7.89. The SMILES string of the molecule is N=C(N)NOCCCOc1ccc(C[C@H](NS(=O)(=O)c2cccc(Cl)c2Cl)C(=O)O)cc1.O=C(O)C(F)(F)F. The highest BCUT2D eigenvalue weighted by atomic mass is 35.5. The lowest BCUT2D eigenvalue weighted by molar-refractivity contribution is -0.192. The van der Waals surface area contributed by atoms with Crippen molar-refractivity contribution in [3.05, 3.63) is 58.1 Å². The maximum absolute atomic E-state index is 12.6. The van der Waals surface area contributed by atoms with Gasteiger partial charge in [-0.3, -0.25) is 15.0 Å². The normalized spacial score (nSPS) is 12.0.